The van der Waals surface area contributed by atoms with Crippen LogP contribution in [0.4, 0.5) is 0 Å². The van der Waals surface area contributed by atoms with Crippen LogP contribution in [0, 0.1) is 35.5 Å². The predicted octanol–water partition coefficient (Wildman–Crippen LogP) is 5.48. The van der Waals surface area contributed by atoms with Crippen molar-refractivity contribution in [3.8, 4) is 0 Å². The van der Waals surface area contributed by atoms with E-state index in [0.29, 0.717) is 43.6 Å². The summed E-state index contributed by atoms with van der Waals surface area (Å²) in [5.41, 5.74) is 2.26. The van der Waals surface area contributed by atoms with Gasteiger partial charge in [0.25, 0.3) is 0 Å². The maximum atomic E-state index is 12.4. The Labute approximate surface area is 198 Å². The number of hydrogen-bond donors (Lipinski definition) is 2. The maximum absolute atomic E-state index is 12.4. The zero-order valence-corrected chi connectivity index (χ0v) is 20.7. The maximum Gasteiger partial charge on any atom is 0.169 e. The average molecular weight is 453 g/mol. The third-order valence-electron chi connectivity index (χ3n) is 10.5. The number of rotatable bonds is 4. The van der Waals surface area contributed by atoms with Gasteiger partial charge in [0, 0.05) is 18.3 Å². The van der Waals surface area contributed by atoms with Gasteiger partial charge in [-0.1, -0.05) is 55.3 Å². The lowest BCUT2D eigenvalue weighted by molar-refractivity contribution is -0.232. The summed E-state index contributed by atoms with van der Waals surface area (Å²) >= 11 is 0. The Morgan fingerprint density at radius 3 is 2.42 bits per heavy atom. The molecule has 5 rings (SSSR count). The van der Waals surface area contributed by atoms with E-state index < -0.39 is 11.4 Å². The number of fused-ring (bicyclic) bond motifs is 5. The quantitative estimate of drug-likeness (QED) is 0.469. The summed E-state index contributed by atoms with van der Waals surface area (Å²) in [6, 6.07) is 8.30. The first-order valence-electron chi connectivity index (χ1n) is 12.9. The molecule has 4 heteroatoms. The molecule has 0 spiro atoms. The second-order valence-corrected chi connectivity index (χ2v) is 12.1. The number of aryl methyl sites for hydroxylation is 1. The minimum Gasteiger partial charge on any atom is -0.382 e. The van der Waals surface area contributed by atoms with Crippen LogP contribution in [0.15, 0.2) is 35.9 Å². The fourth-order valence-electron chi connectivity index (χ4n) is 8.24. The normalized spacial score (nSPS) is 44.4. The topological polar surface area (TPSA) is 66.8 Å². The molecule has 4 aliphatic rings. The van der Waals surface area contributed by atoms with E-state index >= 15 is 0 Å². The molecule has 3 fully saturated rings. The third-order valence-corrected chi connectivity index (χ3v) is 10.5. The Bertz CT molecular complexity index is 966. The zero-order chi connectivity index (χ0) is 23.6. The molecule has 0 aromatic heterocycles. The largest absolute Gasteiger partial charge is 0.382 e. The van der Waals surface area contributed by atoms with Gasteiger partial charge in [0.1, 0.15) is 5.60 Å². The molecular formula is C29H40O4. The summed E-state index contributed by atoms with van der Waals surface area (Å²) in [5, 5.41) is 22.7. The van der Waals surface area contributed by atoms with Crippen LogP contribution in [0.5, 0.6) is 0 Å². The van der Waals surface area contributed by atoms with Gasteiger partial charge >= 0.3 is 0 Å². The van der Waals surface area contributed by atoms with E-state index in [1.165, 1.54) is 11.1 Å². The molecule has 3 saturated carbocycles. The Kier molecular flexibility index (Phi) is 5.47. The highest BCUT2D eigenvalue weighted by molar-refractivity contribution is 5.86. The van der Waals surface area contributed by atoms with Crippen molar-refractivity contribution in [2.24, 2.45) is 28.6 Å². The third kappa shape index (κ3) is 3.47. The first-order valence-corrected chi connectivity index (χ1v) is 12.9. The van der Waals surface area contributed by atoms with Crippen LogP contribution in [0.3, 0.4) is 0 Å². The molecule has 0 heterocycles. The van der Waals surface area contributed by atoms with Gasteiger partial charge in [-0.25, -0.2) is 0 Å². The standard InChI is InChI=1S/C29H40O4/c1-19-5-7-21(8-6-19)18-33-28(31)16-15-26(3)22(17-28)9-10-23-24(26)11-13-27(4)25(23)12-14-29(27,32)20(2)30/h5-9,23-25,31-32H,10-18H2,1-4H3/t23?,24?,25?,26-,27-,28-,29+/m0/s1. The predicted molar refractivity (Wildman–Crippen MR) is 128 cm³/mol. The number of Topliss-reactive ketones (excluding diaryl/α,β-unsaturated/α-hetero) is 1. The molecule has 7 atom stereocenters. The minimum atomic E-state index is -1.16. The number of carbonyl (C=O) groups is 1. The first-order chi connectivity index (χ1) is 15.5. The van der Waals surface area contributed by atoms with Crippen molar-refractivity contribution in [1.82, 2.24) is 0 Å². The van der Waals surface area contributed by atoms with E-state index in [0.717, 1.165) is 37.7 Å². The van der Waals surface area contributed by atoms with Crippen LogP contribution >= 0.6 is 0 Å². The van der Waals surface area contributed by atoms with Gasteiger partial charge in [-0.2, -0.15) is 0 Å². The average Bonchev–Trinajstić information content (AvgIpc) is 3.06. The Morgan fingerprint density at radius 1 is 1.03 bits per heavy atom. The van der Waals surface area contributed by atoms with Crippen LogP contribution in [-0.2, 0) is 16.1 Å². The summed E-state index contributed by atoms with van der Waals surface area (Å²) in [6.07, 6.45) is 9.01. The summed E-state index contributed by atoms with van der Waals surface area (Å²) < 4.78 is 6.11. The number of hydrogen-bond acceptors (Lipinski definition) is 4. The number of benzene rings is 1. The molecule has 2 N–H and O–H groups in total. The van der Waals surface area contributed by atoms with Crippen LogP contribution in [-0.4, -0.2) is 27.4 Å². The van der Waals surface area contributed by atoms with Gasteiger partial charge < -0.3 is 14.9 Å². The Balaban J connectivity index is 1.34. The van der Waals surface area contributed by atoms with Crippen molar-refractivity contribution < 1.29 is 19.7 Å². The van der Waals surface area contributed by atoms with Crippen molar-refractivity contribution >= 4 is 5.78 Å². The molecule has 4 aliphatic carbocycles. The van der Waals surface area contributed by atoms with Gasteiger partial charge in [0.05, 0.1) is 6.61 Å². The van der Waals surface area contributed by atoms with E-state index in [1.807, 2.05) is 0 Å². The number of carbonyl (C=O) groups excluding carboxylic acids is 1. The molecule has 0 amide bonds. The van der Waals surface area contributed by atoms with Crippen molar-refractivity contribution in [2.45, 2.75) is 97.1 Å². The second-order valence-electron chi connectivity index (χ2n) is 12.1. The highest BCUT2D eigenvalue weighted by Gasteiger charge is 2.65. The highest BCUT2D eigenvalue weighted by atomic mass is 16.6. The second kappa shape index (κ2) is 7.76. The van der Waals surface area contributed by atoms with E-state index in [9.17, 15) is 15.0 Å². The van der Waals surface area contributed by atoms with Crippen molar-refractivity contribution in [3.63, 3.8) is 0 Å². The van der Waals surface area contributed by atoms with Gasteiger partial charge in [0.15, 0.2) is 11.6 Å². The number of allylic oxidation sites excluding steroid dienone is 1. The van der Waals surface area contributed by atoms with Crippen LogP contribution in [0.1, 0.15) is 83.3 Å². The lowest BCUT2D eigenvalue weighted by Gasteiger charge is -2.59. The van der Waals surface area contributed by atoms with Gasteiger partial charge in [-0.05, 0) is 81.1 Å². The van der Waals surface area contributed by atoms with Gasteiger partial charge in [-0.3, -0.25) is 4.79 Å². The summed E-state index contributed by atoms with van der Waals surface area (Å²) in [6.45, 7) is 8.63. The summed E-state index contributed by atoms with van der Waals surface area (Å²) in [7, 11) is 0. The first kappa shape index (κ1) is 23.3. The van der Waals surface area contributed by atoms with Crippen molar-refractivity contribution in [3.05, 3.63) is 47.0 Å². The molecule has 0 saturated heterocycles. The minimum absolute atomic E-state index is 0.0577. The molecule has 33 heavy (non-hydrogen) atoms. The fraction of sp³-hybridized carbons (Fsp3) is 0.690. The van der Waals surface area contributed by atoms with Crippen molar-refractivity contribution in [2.75, 3.05) is 0 Å². The van der Waals surface area contributed by atoms with Crippen LogP contribution in [0.25, 0.3) is 0 Å². The van der Waals surface area contributed by atoms with E-state index in [-0.39, 0.29) is 16.6 Å². The smallest absolute Gasteiger partial charge is 0.169 e. The number of aliphatic hydroxyl groups is 2. The fourth-order valence-corrected chi connectivity index (χ4v) is 8.24. The van der Waals surface area contributed by atoms with Gasteiger partial charge in [-0.15, -0.1) is 0 Å². The molecule has 0 bridgehead atoms. The van der Waals surface area contributed by atoms with Crippen LogP contribution in [0.2, 0.25) is 0 Å². The van der Waals surface area contributed by atoms with E-state index in [2.05, 4.69) is 51.1 Å². The molecule has 1 aromatic rings. The van der Waals surface area contributed by atoms with Crippen LogP contribution < -0.4 is 0 Å². The highest BCUT2D eigenvalue weighted by Crippen LogP contribution is 2.67. The Morgan fingerprint density at radius 2 is 1.73 bits per heavy atom. The molecule has 1 aromatic carbocycles. The van der Waals surface area contributed by atoms with E-state index in [4.69, 9.17) is 4.74 Å². The molecule has 180 valence electrons. The van der Waals surface area contributed by atoms with Crippen molar-refractivity contribution in [1.29, 1.82) is 0 Å². The number of ketones is 1. The molecule has 4 nitrogen and oxygen atoms in total. The molecule has 0 radical (unpaired) electrons. The molecular weight excluding hydrogens is 412 g/mol. The van der Waals surface area contributed by atoms with E-state index in [1.54, 1.807) is 6.92 Å². The summed E-state index contributed by atoms with van der Waals surface area (Å²) in [5.74, 6) is 0.280. The molecule has 3 unspecified atom stereocenters. The SMILES string of the molecule is CC(=O)[C@]1(O)CCC2C3CC=C4C[C@@](O)(OCc5ccc(C)cc5)CC[C@]4(C)C3CC[C@@]21C. The molecule has 0 aliphatic heterocycles. The number of ether oxygens (including phenoxy) is 1. The Hall–Kier alpha value is -1.49. The lowest BCUT2D eigenvalue weighted by Crippen LogP contribution is -2.57. The monoisotopic (exact) mass is 452 g/mol. The lowest BCUT2D eigenvalue weighted by atomic mass is 9.46. The van der Waals surface area contributed by atoms with Gasteiger partial charge in [0.2, 0.25) is 0 Å². The summed E-state index contributed by atoms with van der Waals surface area (Å²) in [4.78, 5) is 12.4. The zero-order valence-electron chi connectivity index (χ0n) is 20.7.